The lowest BCUT2D eigenvalue weighted by Gasteiger charge is -2.18. The van der Waals surface area contributed by atoms with E-state index in [1.54, 1.807) is 24.3 Å². The van der Waals surface area contributed by atoms with E-state index in [1.165, 1.54) is 18.3 Å². The molecular formula is C21H20F3N3O3. The van der Waals surface area contributed by atoms with Crippen molar-refractivity contribution < 1.29 is 27.9 Å². The van der Waals surface area contributed by atoms with Crippen LogP contribution in [-0.4, -0.2) is 34.1 Å². The number of alkyl halides is 3. The van der Waals surface area contributed by atoms with Gasteiger partial charge in [0.1, 0.15) is 6.04 Å². The van der Waals surface area contributed by atoms with Crippen LogP contribution < -0.4 is 11.1 Å². The molecule has 0 aliphatic carbocycles. The average Bonchev–Trinajstić information content (AvgIpc) is 3.10. The second-order valence-electron chi connectivity index (χ2n) is 6.94. The number of aliphatic carboxylic acids is 1. The second-order valence-corrected chi connectivity index (χ2v) is 6.94. The molecule has 5 N–H and O–H groups in total. The van der Waals surface area contributed by atoms with Gasteiger partial charge in [-0.3, -0.25) is 4.79 Å². The molecule has 2 unspecified atom stereocenters. The maximum Gasteiger partial charge on any atom is 0.418 e. The van der Waals surface area contributed by atoms with Crippen molar-refractivity contribution in [1.29, 1.82) is 0 Å². The van der Waals surface area contributed by atoms with Gasteiger partial charge in [-0.15, -0.1) is 0 Å². The minimum absolute atomic E-state index is 0.128. The third kappa shape index (κ3) is 4.80. The topological polar surface area (TPSA) is 108 Å². The lowest BCUT2D eigenvalue weighted by molar-refractivity contribution is -0.142. The summed E-state index contributed by atoms with van der Waals surface area (Å²) in [6, 6.07) is 10.4. The summed E-state index contributed by atoms with van der Waals surface area (Å²) in [6.07, 6.45) is -3.19. The molecule has 1 heterocycles. The summed E-state index contributed by atoms with van der Waals surface area (Å²) in [5.41, 5.74) is 6.09. The summed E-state index contributed by atoms with van der Waals surface area (Å²) in [5.74, 6) is -1.96. The fourth-order valence-corrected chi connectivity index (χ4v) is 3.28. The van der Waals surface area contributed by atoms with E-state index in [2.05, 4.69) is 10.3 Å². The number of para-hydroxylation sites is 1. The maximum atomic E-state index is 13.2. The van der Waals surface area contributed by atoms with Gasteiger partial charge in [-0.05, 0) is 23.6 Å². The van der Waals surface area contributed by atoms with Crippen LogP contribution in [0.25, 0.3) is 10.9 Å². The molecule has 9 heteroatoms. The van der Waals surface area contributed by atoms with Crippen molar-refractivity contribution >= 4 is 22.8 Å². The summed E-state index contributed by atoms with van der Waals surface area (Å²) in [5, 5.41) is 12.1. The van der Waals surface area contributed by atoms with Crippen LogP contribution in [0.3, 0.4) is 0 Å². The molecule has 0 aliphatic heterocycles. The number of rotatable bonds is 7. The van der Waals surface area contributed by atoms with Gasteiger partial charge in [0.05, 0.1) is 17.1 Å². The molecule has 30 heavy (non-hydrogen) atoms. The molecule has 158 valence electrons. The molecule has 2 atom stereocenters. The third-order valence-corrected chi connectivity index (χ3v) is 4.78. The van der Waals surface area contributed by atoms with Gasteiger partial charge in [0.15, 0.2) is 0 Å². The molecule has 1 aromatic heterocycles. The highest BCUT2D eigenvalue weighted by molar-refractivity contribution is 5.89. The average molecular weight is 419 g/mol. The van der Waals surface area contributed by atoms with E-state index in [4.69, 9.17) is 5.73 Å². The maximum absolute atomic E-state index is 13.2. The number of H-pyrrole nitrogens is 1. The molecule has 2 aromatic carbocycles. The Hall–Kier alpha value is -3.33. The van der Waals surface area contributed by atoms with Crippen molar-refractivity contribution in [2.75, 3.05) is 0 Å². The SMILES string of the molecule is NC(Cc1ccccc1)C(=O)NC(Cc1c[nH]c2c(C(F)(F)F)cccc12)C(=O)O. The first-order chi connectivity index (χ1) is 14.2. The normalized spacial score (nSPS) is 13.7. The van der Waals surface area contributed by atoms with Crippen LogP contribution >= 0.6 is 0 Å². The Kier molecular flexibility index (Phi) is 6.12. The highest BCUT2D eigenvalue weighted by atomic mass is 19.4. The van der Waals surface area contributed by atoms with Gasteiger partial charge in [-0.2, -0.15) is 13.2 Å². The molecule has 0 radical (unpaired) electrons. The quantitative estimate of drug-likeness (QED) is 0.472. The molecule has 0 aliphatic rings. The Morgan fingerprint density at radius 3 is 2.40 bits per heavy atom. The number of nitrogens with one attached hydrogen (secondary N) is 2. The number of carbonyl (C=O) groups is 2. The zero-order valence-corrected chi connectivity index (χ0v) is 15.7. The standard InChI is InChI=1S/C21H20F3N3O3/c22-21(23,24)15-8-4-7-14-13(11-26-18(14)15)10-17(20(29)30)27-19(28)16(25)9-12-5-2-1-3-6-12/h1-8,11,16-17,26H,9-10,25H2,(H,27,28)(H,29,30). The molecule has 0 spiro atoms. The molecule has 3 rings (SSSR count). The first-order valence-corrected chi connectivity index (χ1v) is 9.15. The number of carbonyl (C=O) groups excluding carboxylic acids is 1. The van der Waals surface area contributed by atoms with Crippen LogP contribution in [0.1, 0.15) is 16.7 Å². The fourth-order valence-electron chi connectivity index (χ4n) is 3.28. The van der Waals surface area contributed by atoms with Crippen molar-refractivity contribution in [3.63, 3.8) is 0 Å². The number of aromatic amines is 1. The zero-order chi connectivity index (χ0) is 21.9. The summed E-state index contributed by atoms with van der Waals surface area (Å²) in [6.45, 7) is 0. The Morgan fingerprint density at radius 2 is 1.77 bits per heavy atom. The number of nitrogens with two attached hydrogens (primary N) is 1. The van der Waals surface area contributed by atoms with Crippen LogP contribution in [0.4, 0.5) is 13.2 Å². The number of carboxylic acid groups (broad SMARTS) is 1. The van der Waals surface area contributed by atoms with Crippen LogP contribution in [-0.2, 0) is 28.6 Å². The summed E-state index contributed by atoms with van der Waals surface area (Å²) < 4.78 is 39.5. The van der Waals surface area contributed by atoms with E-state index in [-0.39, 0.29) is 23.7 Å². The van der Waals surface area contributed by atoms with Gasteiger partial charge in [0, 0.05) is 18.0 Å². The Bertz CT molecular complexity index is 1050. The molecule has 1 amide bonds. The third-order valence-electron chi connectivity index (χ3n) is 4.78. The monoisotopic (exact) mass is 419 g/mol. The van der Waals surface area contributed by atoms with Gasteiger partial charge < -0.3 is 21.1 Å². The Balaban J connectivity index is 1.76. The largest absolute Gasteiger partial charge is 0.480 e. The molecule has 0 fully saturated rings. The van der Waals surface area contributed by atoms with Crippen molar-refractivity contribution in [3.8, 4) is 0 Å². The first-order valence-electron chi connectivity index (χ1n) is 9.15. The molecule has 0 saturated heterocycles. The minimum Gasteiger partial charge on any atom is -0.480 e. The molecule has 6 nitrogen and oxygen atoms in total. The lowest BCUT2D eigenvalue weighted by Crippen LogP contribution is -2.50. The van der Waals surface area contributed by atoms with Crippen LogP contribution in [0, 0.1) is 0 Å². The predicted octanol–water partition coefficient (Wildman–Crippen LogP) is 2.87. The summed E-state index contributed by atoms with van der Waals surface area (Å²) >= 11 is 0. The van der Waals surface area contributed by atoms with Crippen molar-refractivity contribution in [1.82, 2.24) is 10.3 Å². The number of halogens is 3. The van der Waals surface area contributed by atoms with Crippen LogP contribution in [0.15, 0.2) is 54.7 Å². The van der Waals surface area contributed by atoms with E-state index in [9.17, 15) is 27.9 Å². The van der Waals surface area contributed by atoms with Crippen molar-refractivity contribution in [2.24, 2.45) is 5.73 Å². The number of benzene rings is 2. The second kappa shape index (κ2) is 8.58. The van der Waals surface area contributed by atoms with Gasteiger partial charge in [0.2, 0.25) is 5.91 Å². The van der Waals surface area contributed by atoms with Gasteiger partial charge in [0.25, 0.3) is 0 Å². The lowest BCUT2D eigenvalue weighted by atomic mass is 10.0. The van der Waals surface area contributed by atoms with E-state index in [0.717, 1.165) is 11.6 Å². The highest BCUT2D eigenvalue weighted by Gasteiger charge is 2.33. The Labute approximate surface area is 169 Å². The molecule has 0 saturated carbocycles. The first kappa shape index (κ1) is 21.4. The summed E-state index contributed by atoms with van der Waals surface area (Å²) in [4.78, 5) is 26.6. The number of aromatic nitrogens is 1. The molecular weight excluding hydrogens is 399 g/mol. The van der Waals surface area contributed by atoms with Crippen LogP contribution in [0.2, 0.25) is 0 Å². The number of hydrogen-bond donors (Lipinski definition) is 4. The van der Waals surface area contributed by atoms with E-state index < -0.39 is 35.7 Å². The minimum atomic E-state index is -4.55. The number of carboxylic acids is 1. The van der Waals surface area contributed by atoms with Gasteiger partial charge in [-0.1, -0.05) is 42.5 Å². The number of amides is 1. The molecule has 3 aromatic rings. The molecule has 0 bridgehead atoms. The number of hydrogen-bond acceptors (Lipinski definition) is 3. The van der Waals surface area contributed by atoms with Crippen LogP contribution in [0.5, 0.6) is 0 Å². The smallest absolute Gasteiger partial charge is 0.418 e. The van der Waals surface area contributed by atoms with Gasteiger partial charge >= 0.3 is 12.1 Å². The Morgan fingerprint density at radius 1 is 1.07 bits per heavy atom. The summed E-state index contributed by atoms with van der Waals surface area (Å²) in [7, 11) is 0. The van der Waals surface area contributed by atoms with E-state index in [1.807, 2.05) is 6.07 Å². The van der Waals surface area contributed by atoms with Gasteiger partial charge in [-0.25, -0.2) is 4.79 Å². The fraction of sp³-hybridized carbons (Fsp3) is 0.238. The van der Waals surface area contributed by atoms with Crippen molar-refractivity contribution in [2.45, 2.75) is 31.1 Å². The van der Waals surface area contributed by atoms with E-state index >= 15 is 0 Å². The predicted molar refractivity (Wildman–Crippen MR) is 105 cm³/mol. The van der Waals surface area contributed by atoms with Crippen molar-refractivity contribution in [3.05, 3.63) is 71.4 Å². The zero-order valence-electron chi connectivity index (χ0n) is 15.7. The number of fused-ring (bicyclic) bond motifs is 1. The highest BCUT2D eigenvalue weighted by Crippen LogP contribution is 2.35. The van der Waals surface area contributed by atoms with E-state index in [0.29, 0.717) is 5.56 Å².